The van der Waals surface area contributed by atoms with Gasteiger partial charge in [0.1, 0.15) is 5.75 Å². The molecule has 0 unspecified atom stereocenters. The largest absolute Gasteiger partial charge is 0.493 e. The molecule has 0 amide bonds. The number of ether oxygens (including phenoxy) is 1. The monoisotopic (exact) mass is 319 g/mol. The molecule has 2 aromatic carbocycles. The van der Waals surface area contributed by atoms with E-state index in [1.54, 1.807) is 0 Å². The van der Waals surface area contributed by atoms with E-state index in [1.807, 2.05) is 32.0 Å². The van der Waals surface area contributed by atoms with E-state index < -0.39 is 0 Å². The van der Waals surface area contributed by atoms with Gasteiger partial charge in [-0.05, 0) is 45.0 Å². The number of rotatable bonds is 3. The molecule has 4 nitrogen and oxygen atoms in total. The predicted octanol–water partition coefficient (Wildman–Crippen LogP) is 4.54. The average molecular weight is 319 g/mol. The van der Waals surface area contributed by atoms with Gasteiger partial charge in [0, 0.05) is 16.8 Å². The molecule has 1 aliphatic rings. The summed E-state index contributed by atoms with van der Waals surface area (Å²) in [4.78, 5) is 0. The van der Waals surface area contributed by atoms with Crippen LogP contribution in [-0.2, 0) is 0 Å². The van der Waals surface area contributed by atoms with Crippen LogP contribution in [0, 0.1) is 13.8 Å². The lowest BCUT2D eigenvalue weighted by molar-refractivity contribution is 0.332. The van der Waals surface area contributed by atoms with Gasteiger partial charge in [0.25, 0.3) is 0 Å². The minimum absolute atomic E-state index is 0.0772. The second kappa shape index (κ2) is 5.71. The van der Waals surface area contributed by atoms with Gasteiger partial charge in [0.05, 0.1) is 18.0 Å². The molecule has 24 heavy (non-hydrogen) atoms. The van der Waals surface area contributed by atoms with Gasteiger partial charge in [0.2, 0.25) is 0 Å². The normalized spacial score (nSPS) is 15.4. The SMILES string of the molecule is CCOc1ccccc1[C@@H]1Nc2ccc(C)cc2-c2cc(C)nn21. The van der Waals surface area contributed by atoms with E-state index in [2.05, 4.69) is 47.3 Å². The van der Waals surface area contributed by atoms with Crippen LogP contribution in [0.4, 0.5) is 5.69 Å². The van der Waals surface area contributed by atoms with Crippen LogP contribution in [0.3, 0.4) is 0 Å². The summed E-state index contributed by atoms with van der Waals surface area (Å²) in [6.07, 6.45) is -0.0772. The third kappa shape index (κ3) is 2.35. The van der Waals surface area contributed by atoms with Crippen molar-refractivity contribution in [1.82, 2.24) is 9.78 Å². The van der Waals surface area contributed by atoms with Gasteiger partial charge in [-0.2, -0.15) is 5.10 Å². The number of nitrogens with one attached hydrogen (secondary N) is 1. The molecule has 3 aromatic rings. The van der Waals surface area contributed by atoms with E-state index >= 15 is 0 Å². The highest BCUT2D eigenvalue weighted by Crippen LogP contribution is 2.40. The number of aryl methyl sites for hydroxylation is 2. The zero-order chi connectivity index (χ0) is 16.7. The van der Waals surface area contributed by atoms with Gasteiger partial charge < -0.3 is 10.1 Å². The van der Waals surface area contributed by atoms with E-state index in [9.17, 15) is 0 Å². The quantitative estimate of drug-likeness (QED) is 0.770. The van der Waals surface area contributed by atoms with Crippen molar-refractivity contribution in [3.05, 3.63) is 65.4 Å². The number of benzene rings is 2. The van der Waals surface area contributed by atoms with Gasteiger partial charge in [-0.15, -0.1) is 0 Å². The molecule has 0 spiro atoms. The zero-order valence-corrected chi connectivity index (χ0v) is 14.2. The van der Waals surface area contributed by atoms with Gasteiger partial charge in [-0.1, -0.05) is 29.8 Å². The number of nitrogens with zero attached hydrogens (tertiary/aromatic N) is 2. The van der Waals surface area contributed by atoms with Crippen molar-refractivity contribution in [2.24, 2.45) is 0 Å². The van der Waals surface area contributed by atoms with E-state index in [4.69, 9.17) is 9.84 Å². The third-order valence-electron chi connectivity index (χ3n) is 4.36. The molecule has 0 bridgehead atoms. The molecule has 1 atom stereocenters. The predicted molar refractivity (Wildman–Crippen MR) is 96.5 cm³/mol. The second-order valence-corrected chi connectivity index (χ2v) is 6.18. The van der Waals surface area contributed by atoms with Crippen LogP contribution in [-0.4, -0.2) is 16.4 Å². The molecule has 2 heterocycles. The van der Waals surface area contributed by atoms with Gasteiger partial charge >= 0.3 is 0 Å². The molecule has 122 valence electrons. The number of anilines is 1. The van der Waals surface area contributed by atoms with E-state index in [0.29, 0.717) is 6.61 Å². The van der Waals surface area contributed by atoms with Crippen LogP contribution in [0.2, 0.25) is 0 Å². The fourth-order valence-corrected chi connectivity index (χ4v) is 3.32. The molecule has 4 rings (SSSR count). The highest BCUT2D eigenvalue weighted by atomic mass is 16.5. The summed E-state index contributed by atoms with van der Waals surface area (Å²) in [5.41, 5.74) is 6.82. The van der Waals surface area contributed by atoms with Gasteiger partial charge in [0.15, 0.2) is 6.17 Å². The van der Waals surface area contributed by atoms with Crippen LogP contribution < -0.4 is 10.1 Å². The Balaban J connectivity index is 1.89. The summed E-state index contributed by atoms with van der Waals surface area (Å²) in [7, 11) is 0. The summed E-state index contributed by atoms with van der Waals surface area (Å²) in [6, 6.07) is 16.8. The molecule has 1 N–H and O–H groups in total. The lowest BCUT2D eigenvalue weighted by Gasteiger charge is -2.30. The Morgan fingerprint density at radius 2 is 1.96 bits per heavy atom. The minimum Gasteiger partial charge on any atom is -0.493 e. The van der Waals surface area contributed by atoms with Crippen molar-refractivity contribution in [3.63, 3.8) is 0 Å². The Morgan fingerprint density at radius 1 is 1.12 bits per heavy atom. The Hall–Kier alpha value is -2.75. The Kier molecular flexibility index (Phi) is 3.53. The molecule has 0 fully saturated rings. The maximum atomic E-state index is 5.84. The number of aromatic nitrogens is 2. The standard InChI is InChI=1S/C20H21N3O/c1-4-24-19-8-6-5-7-15(19)20-21-17-10-9-13(2)11-16(17)18-12-14(3)22-23(18)20/h5-12,20-21H,4H2,1-3H3/t20-/m1/s1. The zero-order valence-electron chi connectivity index (χ0n) is 14.2. The molecule has 4 heteroatoms. The fourth-order valence-electron chi connectivity index (χ4n) is 3.32. The number of para-hydroxylation sites is 1. The van der Waals surface area contributed by atoms with Crippen LogP contribution >= 0.6 is 0 Å². The minimum atomic E-state index is -0.0772. The Bertz CT molecular complexity index is 898. The second-order valence-electron chi connectivity index (χ2n) is 6.18. The van der Waals surface area contributed by atoms with Gasteiger partial charge in [-0.25, -0.2) is 4.68 Å². The average Bonchev–Trinajstić information content (AvgIpc) is 2.97. The summed E-state index contributed by atoms with van der Waals surface area (Å²) in [5, 5.41) is 8.37. The molecule has 0 radical (unpaired) electrons. The van der Waals surface area contributed by atoms with Crippen LogP contribution in [0.1, 0.15) is 29.9 Å². The van der Waals surface area contributed by atoms with Crippen molar-refractivity contribution in [2.75, 3.05) is 11.9 Å². The fraction of sp³-hybridized carbons (Fsp3) is 0.250. The van der Waals surface area contributed by atoms with E-state index in [-0.39, 0.29) is 6.17 Å². The first-order valence-corrected chi connectivity index (χ1v) is 8.33. The summed E-state index contributed by atoms with van der Waals surface area (Å²) in [5.74, 6) is 0.896. The third-order valence-corrected chi connectivity index (χ3v) is 4.36. The lowest BCUT2D eigenvalue weighted by atomic mass is 10.0. The van der Waals surface area contributed by atoms with E-state index in [1.165, 1.54) is 11.1 Å². The summed E-state index contributed by atoms with van der Waals surface area (Å²) < 4.78 is 7.90. The molecular formula is C20H21N3O. The number of hydrogen-bond donors (Lipinski definition) is 1. The van der Waals surface area contributed by atoms with Crippen LogP contribution in [0.15, 0.2) is 48.5 Å². The first-order valence-electron chi connectivity index (χ1n) is 8.33. The summed E-state index contributed by atoms with van der Waals surface area (Å²) >= 11 is 0. The van der Waals surface area contributed by atoms with Crippen molar-refractivity contribution in [1.29, 1.82) is 0 Å². The summed E-state index contributed by atoms with van der Waals surface area (Å²) in [6.45, 7) is 6.80. The van der Waals surface area contributed by atoms with E-state index in [0.717, 1.165) is 28.4 Å². The Labute approximate surface area is 142 Å². The highest BCUT2D eigenvalue weighted by Gasteiger charge is 2.28. The first kappa shape index (κ1) is 14.8. The molecule has 0 saturated heterocycles. The van der Waals surface area contributed by atoms with Crippen molar-refractivity contribution >= 4 is 5.69 Å². The van der Waals surface area contributed by atoms with Crippen molar-refractivity contribution < 1.29 is 4.74 Å². The molecule has 1 aromatic heterocycles. The highest BCUT2D eigenvalue weighted by molar-refractivity contribution is 5.79. The lowest BCUT2D eigenvalue weighted by Crippen LogP contribution is -2.26. The van der Waals surface area contributed by atoms with Crippen molar-refractivity contribution in [3.8, 4) is 17.0 Å². The maximum absolute atomic E-state index is 5.84. The topological polar surface area (TPSA) is 39.1 Å². The number of fused-ring (bicyclic) bond motifs is 3. The molecule has 1 aliphatic heterocycles. The van der Waals surface area contributed by atoms with Gasteiger partial charge in [-0.3, -0.25) is 0 Å². The number of hydrogen-bond acceptors (Lipinski definition) is 3. The molecule has 0 aliphatic carbocycles. The first-order chi connectivity index (χ1) is 11.7. The smallest absolute Gasteiger partial charge is 0.150 e. The van der Waals surface area contributed by atoms with Crippen molar-refractivity contribution in [2.45, 2.75) is 26.9 Å². The Morgan fingerprint density at radius 3 is 2.79 bits per heavy atom. The maximum Gasteiger partial charge on any atom is 0.150 e. The van der Waals surface area contributed by atoms with Crippen LogP contribution in [0.25, 0.3) is 11.3 Å². The molecule has 0 saturated carbocycles. The van der Waals surface area contributed by atoms with Crippen LogP contribution in [0.5, 0.6) is 5.75 Å². The molecular weight excluding hydrogens is 298 g/mol.